The third-order valence-electron chi connectivity index (χ3n) is 3.58. The van der Waals surface area contributed by atoms with Gasteiger partial charge in [0.2, 0.25) is 0 Å². The van der Waals surface area contributed by atoms with Crippen molar-refractivity contribution in [3.05, 3.63) is 29.6 Å². The highest BCUT2D eigenvalue weighted by atomic mass is 19.4. The lowest BCUT2D eigenvalue weighted by Gasteiger charge is -2.35. The Morgan fingerprint density at radius 3 is 2.32 bits per heavy atom. The van der Waals surface area contributed by atoms with Crippen LogP contribution in [-0.4, -0.2) is 53.4 Å². The molecule has 1 aromatic heterocycles. The molecule has 0 spiro atoms. The van der Waals surface area contributed by atoms with Gasteiger partial charge in [-0.25, -0.2) is 0 Å². The average molecular weight is 315 g/mol. The van der Waals surface area contributed by atoms with E-state index in [0.29, 0.717) is 19.0 Å². The minimum atomic E-state index is -4.48. The maximum absolute atomic E-state index is 12.5. The van der Waals surface area contributed by atoms with Gasteiger partial charge in [-0.2, -0.15) is 13.2 Å². The molecule has 0 aliphatic carbocycles. The number of halogens is 3. The van der Waals surface area contributed by atoms with Crippen LogP contribution in [-0.2, 0) is 6.18 Å². The van der Waals surface area contributed by atoms with Gasteiger partial charge in [-0.1, -0.05) is 13.8 Å². The van der Waals surface area contributed by atoms with Crippen LogP contribution < -0.4 is 0 Å². The smallest absolute Gasteiger partial charge is 0.336 e. The first kappa shape index (κ1) is 16.7. The van der Waals surface area contributed by atoms with Crippen LogP contribution in [0.1, 0.15) is 29.9 Å². The van der Waals surface area contributed by atoms with E-state index in [4.69, 9.17) is 0 Å². The largest absolute Gasteiger partial charge is 0.433 e. The molecule has 0 saturated carbocycles. The van der Waals surface area contributed by atoms with Crippen molar-refractivity contribution in [3.8, 4) is 0 Å². The van der Waals surface area contributed by atoms with Gasteiger partial charge in [0.15, 0.2) is 0 Å². The molecule has 0 bridgehead atoms. The Bertz CT molecular complexity index is 506. The van der Waals surface area contributed by atoms with Gasteiger partial charge < -0.3 is 4.90 Å². The number of carbonyl (C=O) groups excluding carboxylic acids is 1. The molecule has 0 aromatic carbocycles. The summed E-state index contributed by atoms with van der Waals surface area (Å²) in [6.45, 7) is 8.04. The second-order valence-electron chi connectivity index (χ2n) is 5.92. The molecule has 1 aromatic rings. The number of amides is 1. The highest BCUT2D eigenvalue weighted by Gasteiger charge is 2.32. The molecule has 1 aliphatic heterocycles. The third-order valence-corrected chi connectivity index (χ3v) is 3.58. The predicted octanol–water partition coefficient (Wildman–Crippen LogP) is 2.51. The normalized spacial score (nSPS) is 17.1. The number of alkyl halides is 3. The molecule has 1 fully saturated rings. The molecule has 0 radical (unpaired) electrons. The van der Waals surface area contributed by atoms with Gasteiger partial charge >= 0.3 is 6.18 Å². The van der Waals surface area contributed by atoms with Gasteiger partial charge in [-0.15, -0.1) is 0 Å². The van der Waals surface area contributed by atoms with E-state index >= 15 is 0 Å². The van der Waals surface area contributed by atoms with Crippen molar-refractivity contribution in [2.45, 2.75) is 20.0 Å². The van der Waals surface area contributed by atoms with Crippen LogP contribution in [0.3, 0.4) is 0 Å². The fourth-order valence-corrected chi connectivity index (χ4v) is 2.52. The van der Waals surface area contributed by atoms with Crippen LogP contribution in [0.5, 0.6) is 0 Å². The van der Waals surface area contributed by atoms with Crippen molar-refractivity contribution in [1.29, 1.82) is 0 Å². The summed E-state index contributed by atoms with van der Waals surface area (Å²) in [6.07, 6.45) is -3.48. The van der Waals surface area contributed by atoms with E-state index in [1.54, 1.807) is 4.90 Å². The van der Waals surface area contributed by atoms with E-state index in [2.05, 4.69) is 23.7 Å². The molecular formula is C15H20F3N3O. The predicted molar refractivity (Wildman–Crippen MR) is 76.4 cm³/mol. The molecule has 122 valence electrons. The molecule has 1 aliphatic rings. The van der Waals surface area contributed by atoms with Gasteiger partial charge in [-0.3, -0.25) is 14.7 Å². The number of aromatic nitrogens is 1. The number of hydrogen-bond donors (Lipinski definition) is 0. The lowest BCUT2D eigenvalue weighted by Crippen LogP contribution is -2.49. The van der Waals surface area contributed by atoms with Crippen LogP contribution >= 0.6 is 0 Å². The second-order valence-corrected chi connectivity index (χ2v) is 5.92. The average Bonchev–Trinajstić information content (AvgIpc) is 2.46. The molecule has 2 rings (SSSR count). The minimum absolute atomic E-state index is 0.199. The zero-order valence-corrected chi connectivity index (χ0v) is 12.7. The zero-order chi connectivity index (χ0) is 16.3. The maximum Gasteiger partial charge on any atom is 0.433 e. The summed E-state index contributed by atoms with van der Waals surface area (Å²) in [5.41, 5.74) is -0.781. The molecule has 0 unspecified atom stereocenters. The SMILES string of the molecule is CC(C)CN1CCN(C(=O)c2ccc(C(F)(F)F)nc2)CC1. The molecule has 7 heteroatoms. The Morgan fingerprint density at radius 2 is 1.86 bits per heavy atom. The number of nitrogens with zero attached hydrogens (tertiary/aromatic N) is 3. The summed E-state index contributed by atoms with van der Waals surface area (Å²) in [5, 5.41) is 0. The van der Waals surface area contributed by atoms with Gasteiger partial charge in [0.25, 0.3) is 5.91 Å². The quantitative estimate of drug-likeness (QED) is 0.860. The Morgan fingerprint density at radius 1 is 1.23 bits per heavy atom. The van der Waals surface area contributed by atoms with E-state index in [-0.39, 0.29) is 11.5 Å². The highest BCUT2D eigenvalue weighted by Crippen LogP contribution is 2.27. The lowest BCUT2D eigenvalue weighted by molar-refractivity contribution is -0.141. The van der Waals surface area contributed by atoms with Crippen LogP contribution in [0.4, 0.5) is 13.2 Å². The van der Waals surface area contributed by atoms with Crippen molar-refractivity contribution in [2.24, 2.45) is 5.92 Å². The molecular weight excluding hydrogens is 295 g/mol. The molecule has 1 amide bonds. The number of carbonyl (C=O) groups is 1. The Balaban J connectivity index is 1.95. The molecule has 1 saturated heterocycles. The van der Waals surface area contributed by atoms with Crippen LogP contribution in [0, 0.1) is 5.92 Å². The summed E-state index contributed by atoms with van der Waals surface area (Å²) in [7, 11) is 0. The Kier molecular flexibility index (Phi) is 5.05. The van der Waals surface area contributed by atoms with Crippen molar-refractivity contribution >= 4 is 5.91 Å². The van der Waals surface area contributed by atoms with Crippen LogP contribution in [0.25, 0.3) is 0 Å². The monoisotopic (exact) mass is 315 g/mol. The summed E-state index contributed by atoms with van der Waals surface area (Å²) in [5.74, 6) is 0.312. The fraction of sp³-hybridized carbons (Fsp3) is 0.600. The standard InChI is InChI=1S/C15H20F3N3O/c1-11(2)10-20-5-7-21(8-6-20)14(22)12-3-4-13(19-9-12)15(16,17)18/h3-4,9,11H,5-8,10H2,1-2H3. The van der Waals surface area contributed by atoms with Crippen molar-refractivity contribution in [3.63, 3.8) is 0 Å². The molecule has 4 nitrogen and oxygen atoms in total. The van der Waals surface area contributed by atoms with Gasteiger partial charge in [0.1, 0.15) is 5.69 Å². The summed E-state index contributed by atoms with van der Waals surface area (Å²) in [4.78, 5) is 19.6. The Hall–Kier alpha value is -1.63. The first-order valence-corrected chi connectivity index (χ1v) is 7.32. The number of rotatable bonds is 3. The van der Waals surface area contributed by atoms with Crippen molar-refractivity contribution < 1.29 is 18.0 Å². The number of pyridine rings is 1. The van der Waals surface area contributed by atoms with Crippen LogP contribution in [0.15, 0.2) is 18.3 Å². The third kappa shape index (κ3) is 4.19. The maximum atomic E-state index is 12.5. The second kappa shape index (κ2) is 6.64. The lowest BCUT2D eigenvalue weighted by atomic mass is 10.1. The van der Waals surface area contributed by atoms with E-state index in [1.807, 2.05) is 0 Å². The first-order chi connectivity index (χ1) is 10.3. The van der Waals surface area contributed by atoms with E-state index < -0.39 is 11.9 Å². The van der Waals surface area contributed by atoms with Crippen molar-refractivity contribution in [1.82, 2.24) is 14.8 Å². The fourth-order valence-electron chi connectivity index (χ4n) is 2.52. The summed E-state index contributed by atoms with van der Waals surface area (Å²) in [6, 6.07) is 2.04. The topological polar surface area (TPSA) is 36.4 Å². The Labute approximate surface area is 127 Å². The van der Waals surface area contributed by atoms with E-state index in [9.17, 15) is 18.0 Å². The van der Waals surface area contributed by atoms with Gasteiger partial charge in [-0.05, 0) is 18.1 Å². The number of piperazine rings is 1. The minimum Gasteiger partial charge on any atom is -0.336 e. The molecule has 22 heavy (non-hydrogen) atoms. The zero-order valence-electron chi connectivity index (χ0n) is 12.7. The van der Waals surface area contributed by atoms with E-state index in [1.165, 1.54) is 6.07 Å². The van der Waals surface area contributed by atoms with Gasteiger partial charge in [0.05, 0.1) is 5.56 Å². The summed E-state index contributed by atoms with van der Waals surface area (Å²) < 4.78 is 37.4. The van der Waals surface area contributed by atoms with Crippen molar-refractivity contribution in [2.75, 3.05) is 32.7 Å². The molecule has 0 N–H and O–H groups in total. The number of hydrogen-bond acceptors (Lipinski definition) is 3. The first-order valence-electron chi connectivity index (χ1n) is 7.32. The summed E-state index contributed by atoms with van der Waals surface area (Å²) >= 11 is 0. The van der Waals surface area contributed by atoms with Gasteiger partial charge in [0, 0.05) is 38.9 Å². The highest BCUT2D eigenvalue weighted by molar-refractivity contribution is 5.94. The molecule has 2 heterocycles. The van der Waals surface area contributed by atoms with Crippen LogP contribution in [0.2, 0.25) is 0 Å². The van der Waals surface area contributed by atoms with E-state index in [0.717, 1.165) is 31.9 Å². The molecule has 0 atom stereocenters.